The first-order valence-corrected chi connectivity index (χ1v) is 10.7. The van der Waals surface area contributed by atoms with Crippen LogP contribution in [0.3, 0.4) is 0 Å². The Labute approximate surface area is 180 Å². The van der Waals surface area contributed by atoms with Gasteiger partial charge in [-0.1, -0.05) is 13.8 Å². The normalized spacial score (nSPS) is 12.6. The third kappa shape index (κ3) is 4.00. The topological polar surface area (TPSA) is 68.1 Å². The number of rotatable bonds is 6. The average Bonchev–Trinajstić information content (AvgIpc) is 3.36. The summed E-state index contributed by atoms with van der Waals surface area (Å²) in [5, 5.41) is 4.78. The molecule has 0 aliphatic carbocycles. The lowest BCUT2D eigenvalue weighted by molar-refractivity contribution is -0.126. The van der Waals surface area contributed by atoms with Crippen LogP contribution in [0.5, 0.6) is 0 Å². The van der Waals surface area contributed by atoms with Crippen molar-refractivity contribution in [3.8, 4) is 22.4 Å². The second-order valence-corrected chi connectivity index (χ2v) is 7.63. The number of benzene rings is 1. The fourth-order valence-electron chi connectivity index (χ4n) is 4.02. The SMILES string of the molecule is CCCC(=O)N(C(=O)CC)c1cc(-c2c(-c3ccc(F)cc3)nn3c2CCC3)ccn1. The van der Waals surface area contributed by atoms with Gasteiger partial charge in [0.25, 0.3) is 0 Å². The van der Waals surface area contributed by atoms with Crippen LogP contribution in [0.2, 0.25) is 0 Å². The monoisotopic (exact) mass is 420 g/mol. The predicted molar refractivity (Wildman–Crippen MR) is 117 cm³/mol. The highest BCUT2D eigenvalue weighted by atomic mass is 19.1. The van der Waals surface area contributed by atoms with Crippen molar-refractivity contribution in [2.45, 2.75) is 52.5 Å². The Morgan fingerprint density at radius 3 is 2.58 bits per heavy atom. The number of amides is 2. The number of nitrogens with zero attached hydrogens (tertiary/aromatic N) is 4. The molecule has 6 nitrogen and oxygen atoms in total. The molecule has 3 heterocycles. The molecule has 3 aromatic rings. The number of imide groups is 1. The first kappa shape index (κ1) is 20.9. The van der Waals surface area contributed by atoms with Gasteiger partial charge < -0.3 is 0 Å². The van der Waals surface area contributed by atoms with Crippen molar-refractivity contribution in [1.29, 1.82) is 0 Å². The summed E-state index contributed by atoms with van der Waals surface area (Å²) in [7, 11) is 0. The van der Waals surface area contributed by atoms with Crippen LogP contribution in [0.4, 0.5) is 10.2 Å². The molecule has 0 fully saturated rings. The van der Waals surface area contributed by atoms with E-state index in [0.717, 1.165) is 47.5 Å². The molecule has 1 aliphatic rings. The standard InChI is InChI=1S/C24H25FN4O2/c1-3-6-22(31)29(21(30)4-2)20-15-17(12-13-26-20)23-19-7-5-14-28(19)27-24(23)16-8-10-18(25)11-9-16/h8-13,15H,3-7,14H2,1-2H3. The quantitative estimate of drug-likeness (QED) is 0.576. The zero-order valence-electron chi connectivity index (χ0n) is 17.8. The van der Waals surface area contributed by atoms with Crippen LogP contribution in [0.1, 0.15) is 45.2 Å². The minimum absolute atomic E-state index is 0.214. The second kappa shape index (κ2) is 8.79. The molecule has 4 rings (SSSR count). The van der Waals surface area contributed by atoms with Crippen molar-refractivity contribution in [2.75, 3.05) is 4.90 Å². The highest BCUT2D eigenvalue weighted by Gasteiger charge is 2.26. The van der Waals surface area contributed by atoms with Gasteiger partial charge in [0.1, 0.15) is 17.3 Å². The second-order valence-electron chi connectivity index (χ2n) is 7.63. The van der Waals surface area contributed by atoms with Crippen LogP contribution in [0, 0.1) is 5.82 Å². The third-order valence-electron chi connectivity index (χ3n) is 5.49. The molecule has 7 heteroatoms. The van der Waals surface area contributed by atoms with Crippen molar-refractivity contribution in [3.05, 3.63) is 54.1 Å². The molecule has 0 spiro atoms. The number of halogens is 1. The smallest absolute Gasteiger partial charge is 0.234 e. The fourth-order valence-corrected chi connectivity index (χ4v) is 4.02. The summed E-state index contributed by atoms with van der Waals surface area (Å²) in [6.45, 7) is 4.47. The lowest BCUT2D eigenvalue weighted by atomic mass is 9.98. The summed E-state index contributed by atoms with van der Waals surface area (Å²) in [5.74, 6) is -0.503. The summed E-state index contributed by atoms with van der Waals surface area (Å²) in [4.78, 5) is 30.7. The molecule has 0 N–H and O–H groups in total. The zero-order chi connectivity index (χ0) is 22.0. The van der Waals surface area contributed by atoms with Gasteiger partial charge in [-0.3, -0.25) is 14.3 Å². The molecule has 2 amide bonds. The number of aryl methyl sites for hydroxylation is 1. The summed E-state index contributed by atoms with van der Waals surface area (Å²) in [5.41, 5.74) is 4.47. The number of carbonyl (C=O) groups is 2. The van der Waals surface area contributed by atoms with Crippen LogP contribution < -0.4 is 4.90 Å². The third-order valence-corrected chi connectivity index (χ3v) is 5.49. The van der Waals surface area contributed by atoms with E-state index in [9.17, 15) is 14.0 Å². The van der Waals surface area contributed by atoms with Gasteiger partial charge in [0.2, 0.25) is 11.8 Å². The molecular formula is C24H25FN4O2. The molecule has 0 unspecified atom stereocenters. The predicted octanol–water partition coefficient (Wildman–Crippen LogP) is 4.77. The molecule has 0 saturated carbocycles. The van der Waals surface area contributed by atoms with Gasteiger partial charge >= 0.3 is 0 Å². The van der Waals surface area contributed by atoms with Gasteiger partial charge in [-0.2, -0.15) is 5.10 Å². The lowest BCUT2D eigenvalue weighted by Gasteiger charge is -2.20. The lowest BCUT2D eigenvalue weighted by Crippen LogP contribution is -2.37. The van der Waals surface area contributed by atoms with Crippen molar-refractivity contribution in [1.82, 2.24) is 14.8 Å². The number of aromatic nitrogens is 3. The van der Waals surface area contributed by atoms with E-state index in [-0.39, 0.29) is 30.5 Å². The number of anilines is 1. The van der Waals surface area contributed by atoms with E-state index in [0.29, 0.717) is 12.2 Å². The van der Waals surface area contributed by atoms with E-state index in [4.69, 9.17) is 5.10 Å². The van der Waals surface area contributed by atoms with Crippen LogP contribution in [0.15, 0.2) is 42.6 Å². The van der Waals surface area contributed by atoms with E-state index in [1.165, 1.54) is 17.0 Å². The molecular weight excluding hydrogens is 395 g/mol. The first-order chi connectivity index (χ1) is 15.0. The minimum Gasteiger partial charge on any atom is -0.274 e. The highest BCUT2D eigenvalue weighted by Crippen LogP contribution is 2.38. The van der Waals surface area contributed by atoms with E-state index in [1.54, 1.807) is 31.3 Å². The van der Waals surface area contributed by atoms with Gasteiger partial charge in [0.15, 0.2) is 0 Å². The van der Waals surface area contributed by atoms with E-state index in [1.807, 2.05) is 17.7 Å². The van der Waals surface area contributed by atoms with E-state index < -0.39 is 0 Å². The maximum absolute atomic E-state index is 13.5. The first-order valence-electron chi connectivity index (χ1n) is 10.7. The van der Waals surface area contributed by atoms with Crippen LogP contribution in [-0.4, -0.2) is 26.6 Å². The fraction of sp³-hybridized carbons (Fsp3) is 0.333. The maximum Gasteiger partial charge on any atom is 0.234 e. The highest BCUT2D eigenvalue weighted by molar-refractivity contribution is 6.14. The Morgan fingerprint density at radius 2 is 1.87 bits per heavy atom. The van der Waals surface area contributed by atoms with Gasteiger partial charge in [-0.05, 0) is 61.2 Å². The van der Waals surface area contributed by atoms with Crippen molar-refractivity contribution >= 4 is 17.6 Å². The number of pyridine rings is 1. The molecule has 2 aromatic heterocycles. The average molecular weight is 420 g/mol. The minimum atomic E-state index is -0.300. The van der Waals surface area contributed by atoms with Crippen molar-refractivity contribution in [3.63, 3.8) is 0 Å². The summed E-state index contributed by atoms with van der Waals surface area (Å²) >= 11 is 0. The zero-order valence-corrected chi connectivity index (χ0v) is 17.8. The van der Waals surface area contributed by atoms with Crippen LogP contribution in [0.25, 0.3) is 22.4 Å². The van der Waals surface area contributed by atoms with E-state index >= 15 is 0 Å². The van der Waals surface area contributed by atoms with Crippen LogP contribution >= 0.6 is 0 Å². The Morgan fingerprint density at radius 1 is 1.10 bits per heavy atom. The molecule has 0 radical (unpaired) electrons. The Kier molecular flexibility index (Phi) is 5.93. The van der Waals surface area contributed by atoms with Gasteiger partial charge in [-0.15, -0.1) is 0 Å². The van der Waals surface area contributed by atoms with Gasteiger partial charge in [-0.25, -0.2) is 14.3 Å². The summed E-state index contributed by atoms with van der Waals surface area (Å²) < 4.78 is 15.5. The summed E-state index contributed by atoms with van der Waals surface area (Å²) in [6, 6.07) is 9.93. The largest absolute Gasteiger partial charge is 0.274 e. The molecule has 31 heavy (non-hydrogen) atoms. The van der Waals surface area contributed by atoms with Gasteiger partial charge in [0.05, 0.1) is 0 Å². The molecule has 1 aliphatic heterocycles. The molecule has 160 valence electrons. The molecule has 0 atom stereocenters. The number of hydrogen-bond acceptors (Lipinski definition) is 4. The van der Waals surface area contributed by atoms with Crippen molar-refractivity contribution < 1.29 is 14.0 Å². The van der Waals surface area contributed by atoms with E-state index in [2.05, 4.69) is 4.98 Å². The Balaban J connectivity index is 1.83. The summed E-state index contributed by atoms with van der Waals surface area (Å²) in [6.07, 6.45) is 4.65. The number of carbonyl (C=O) groups excluding carboxylic acids is 2. The Bertz CT molecular complexity index is 1120. The molecule has 0 saturated heterocycles. The number of fused-ring (bicyclic) bond motifs is 1. The number of hydrogen-bond donors (Lipinski definition) is 0. The Hall–Kier alpha value is -3.35. The van der Waals surface area contributed by atoms with Gasteiger partial charge in [0, 0.05) is 42.4 Å². The van der Waals surface area contributed by atoms with Crippen LogP contribution in [-0.2, 0) is 22.6 Å². The van der Waals surface area contributed by atoms with Crippen molar-refractivity contribution in [2.24, 2.45) is 0 Å². The maximum atomic E-state index is 13.5. The molecule has 1 aromatic carbocycles. The molecule has 0 bridgehead atoms.